The molecule has 2 heteroatoms. The molecule has 17 heavy (non-hydrogen) atoms. The summed E-state index contributed by atoms with van der Waals surface area (Å²) in [6, 6.07) is 7.48. The van der Waals surface area contributed by atoms with Gasteiger partial charge in [-0.15, -0.1) is 0 Å². The van der Waals surface area contributed by atoms with Crippen molar-refractivity contribution in [2.75, 3.05) is 24.5 Å². The molecule has 1 aliphatic rings. The van der Waals surface area contributed by atoms with E-state index < -0.39 is 0 Å². The van der Waals surface area contributed by atoms with Gasteiger partial charge in [-0.05, 0) is 70.0 Å². The lowest BCUT2D eigenvalue weighted by atomic mass is 10.1. The number of benzene rings is 1. The first-order chi connectivity index (χ1) is 8.18. The highest BCUT2D eigenvalue weighted by Gasteiger charge is 2.16. The molecule has 0 bridgehead atoms. The van der Waals surface area contributed by atoms with Crippen LogP contribution in [0.1, 0.15) is 30.9 Å². The summed E-state index contributed by atoms with van der Waals surface area (Å²) >= 11 is 0. The Labute approximate surface area is 105 Å². The van der Waals surface area contributed by atoms with Gasteiger partial charge >= 0.3 is 0 Å². The SMILES string of the molecule is Cc1ccc(N2CCCNCCC2C)cc1C. The lowest BCUT2D eigenvalue weighted by Crippen LogP contribution is -2.40. The molecule has 0 aliphatic carbocycles. The van der Waals surface area contributed by atoms with Crippen molar-refractivity contribution < 1.29 is 0 Å². The van der Waals surface area contributed by atoms with Gasteiger partial charge in [-0.2, -0.15) is 0 Å². The van der Waals surface area contributed by atoms with E-state index in [-0.39, 0.29) is 0 Å². The quantitative estimate of drug-likeness (QED) is 0.801. The van der Waals surface area contributed by atoms with Gasteiger partial charge in [-0.3, -0.25) is 0 Å². The summed E-state index contributed by atoms with van der Waals surface area (Å²) < 4.78 is 0. The molecule has 1 N–H and O–H groups in total. The average Bonchev–Trinajstić information content (AvgIpc) is 2.28. The van der Waals surface area contributed by atoms with Crippen LogP contribution in [-0.2, 0) is 0 Å². The van der Waals surface area contributed by atoms with Crippen molar-refractivity contribution in [3.05, 3.63) is 29.3 Å². The van der Waals surface area contributed by atoms with E-state index in [0.29, 0.717) is 6.04 Å². The topological polar surface area (TPSA) is 15.3 Å². The van der Waals surface area contributed by atoms with Gasteiger partial charge in [-0.1, -0.05) is 6.07 Å². The van der Waals surface area contributed by atoms with Gasteiger partial charge in [0.1, 0.15) is 0 Å². The molecule has 1 aromatic rings. The van der Waals surface area contributed by atoms with Crippen LogP contribution in [0.3, 0.4) is 0 Å². The first kappa shape index (κ1) is 12.4. The lowest BCUT2D eigenvalue weighted by molar-refractivity contribution is 0.499. The summed E-state index contributed by atoms with van der Waals surface area (Å²) in [6.07, 6.45) is 2.46. The minimum Gasteiger partial charge on any atom is -0.369 e. The maximum atomic E-state index is 3.48. The summed E-state index contributed by atoms with van der Waals surface area (Å²) in [5.41, 5.74) is 4.17. The maximum absolute atomic E-state index is 3.48. The van der Waals surface area contributed by atoms with Crippen molar-refractivity contribution >= 4 is 5.69 Å². The minimum absolute atomic E-state index is 0.630. The lowest BCUT2D eigenvalue weighted by Gasteiger charge is -2.34. The largest absolute Gasteiger partial charge is 0.369 e. The van der Waals surface area contributed by atoms with Crippen molar-refractivity contribution in [2.24, 2.45) is 0 Å². The Hall–Kier alpha value is -1.02. The molecule has 1 heterocycles. The van der Waals surface area contributed by atoms with Crippen molar-refractivity contribution in [1.82, 2.24) is 5.32 Å². The zero-order valence-electron chi connectivity index (χ0n) is 11.3. The molecule has 0 amide bonds. The van der Waals surface area contributed by atoms with E-state index in [1.54, 1.807) is 0 Å². The molecule has 2 nitrogen and oxygen atoms in total. The van der Waals surface area contributed by atoms with Gasteiger partial charge in [-0.25, -0.2) is 0 Å². The van der Waals surface area contributed by atoms with Gasteiger partial charge in [0, 0.05) is 18.3 Å². The summed E-state index contributed by atoms with van der Waals surface area (Å²) in [6.45, 7) is 10.2. The zero-order chi connectivity index (χ0) is 12.3. The highest BCUT2D eigenvalue weighted by molar-refractivity contribution is 5.51. The van der Waals surface area contributed by atoms with Gasteiger partial charge < -0.3 is 10.2 Å². The molecule has 1 saturated heterocycles. The minimum atomic E-state index is 0.630. The highest BCUT2D eigenvalue weighted by atomic mass is 15.2. The van der Waals surface area contributed by atoms with E-state index in [1.165, 1.54) is 29.7 Å². The van der Waals surface area contributed by atoms with Crippen LogP contribution in [0.25, 0.3) is 0 Å². The average molecular weight is 232 g/mol. The predicted octanol–water partition coefficient (Wildman–Crippen LogP) is 2.88. The number of rotatable bonds is 1. The number of aryl methyl sites for hydroxylation is 2. The summed E-state index contributed by atoms with van der Waals surface area (Å²) in [5, 5.41) is 3.48. The molecule has 2 rings (SSSR count). The van der Waals surface area contributed by atoms with Crippen molar-refractivity contribution in [3.63, 3.8) is 0 Å². The van der Waals surface area contributed by atoms with Gasteiger partial charge in [0.25, 0.3) is 0 Å². The summed E-state index contributed by atoms with van der Waals surface area (Å²) in [5.74, 6) is 0. The molecule has 1 atom stereocenters. The van der Waals surface area contributed by atoms with Crippen LogP contribution < -0.4 is 10.2 Å². The molecule has 94 valence electrons. The van der Waals surface area contributed by atoms with Gasteiger partial charge in [0.2, 0.25) is 0 Å². The summed E-state index contributed by atoms with van der Waals surface area (Å²) in [7, 11) is 0. The third kappa shape index (κ3) is 3.01. The second kappa shape index (κ2) is 5.54. The van der Waals surface area contributed by atoms with Crippen LogP contribution in [-0.4, -0.2) is 25.7 Å². The van der Waals surface area contributed by atoms with Crippen molar-refractivity contribution in [3.8, 4) is 0 Å². The van der Waals surface area contributed by atoms with Crippen LogP contribution in [0.5, 0.6) is 0 Å². The Morgan fingerprint density at radius 2 is 2.00 bits per heavy atom. The molecular formula is C15H24N2. The smallest absolute Gasteiger partial charge is 0.0371 e. The summed E-state index contributed by atoms with van der Waals surface area (Å²) in [4.78, 5) is 2.56. The Kier molecular flexibility index (Phi) is 4.06. The molecule has 1 aromatic carbocycles. The third-order valence-electron chi connectivity index (χ3n) is 3.85. The molecule has 1 fully saturated rings. The third-order valence-corrected chi connectivity index (χ3v) is 3.85. The maximum Gasteiger partial charge on any atom is 0.0371 e. The van der Waals surface area contributed by atoms with Crippen LogP contribution in [0.15, 0.2) is 18.2 Å². The second-order valence-corrected chi connectivity index (χ2v) is 5.20. The monoisotopic (exact) mass is 232 g/mol. The van der Waals surface area contributed by atoms with E-state index in [9.17, 15) is 0 Å². The molecule has 0 saturated carbocycles. The fraction of sp³-hybridized carbons (Fsp3) is 0.600. The van der Waals surface area contributed by atoms with Gasteiger partial charge in [0.05, 0.1) is 0 Å². The number of anilines is 1. The fourth-order valence-corrected chi connectivity index (χ4v) is 2.47. The molecule has 0 aromatic heterocycles. The highest BCUT2D eigenvalue weighted by Crippen LogP contribution is 2.22. The Morgan fingerprint density at radius 1 is 1.18 bits per heavy atom. The van der Waals surface area contributed by atoms with E-state index >= 15 is 0 Å². The van der Waals surface area contributed by atoms with E-state index in [0.717, 1.165) is 19.6 Å². The number of nitrogens with zero attached hydrogens (tertiary/aromatic N) is 1. The van der Waals surface area contributed by atoms with E-state index in [2.05, 4.69) is 49.2 Å². The normalized spacial score (nSPS) is 22.1. The first-order valence-corrected chi connectivity index (χ1v) is 6.73. The Bertz CT molecular complexity index is 373. The molecular weight excluding hydrogens is 208 g/mol. The number of hydrogen-bond acceptors (Lipinski definition) is 2. The molecule has 0 spiro atoms. The molecule has 1 aliphatic heterocycles. The van der Waals surface area contributed by atoms with Crippen molar-refractivity contribution in [2.45, 2.75) is 39.7 Å². The van der Waals surface area contributed by atoms with E-state index in [1.807, 2.05) is 0 Å². The zero-order valence-corrected chi connectivity index (χ0v) is 11.3. The van der Waals surface area contributed by atoms with Gasteiger partial charge in [0.15, 0.2) is 0 Å². The number of nitrogens with one attached hydrogen (secondary N) is 1. The predicted molar refractivity (Wildman–Crippen MR) is 74.8 cm³/mol. The second-order valence-electron chi connectivity index (χ2n) is 5.20. The van der Waals surface area contributed by atoms with Crippen molar-refractivity contribution in [1.29, 1.82) is 0 Å². The van der Waals surface area contributed by atoms with Crippen LogP contribution >= 0.6 is 0 Å². The first-order valence-electron chi connectivity index (χ1n) is 6.73. The standard InChI is InChI=1S/C15H24N2/c1-12-5-6-15(11-13(12)2)17-10-4-8-16-9-7-14(17)3/h5-6,11,14,16H,4,7-10H2,1-3H3. The van der Waals surface area contributed by atoms with Crippen LogP contribution in [0.2, 0.25) is 0 Å². The van der Waals surface area contributed by atoms with E-state index in [4.69, 9.17) is 0 Å². The molecule has 0 radical (unpaired) electrons. The Balaban J connectivity index is 2.19. The number of hydrogen-bond donors (Lipinski definition) is 1. The van der Waals surface area contributed by atoms with Crippen LogP contribution in [0.4, 0.5) is 5.69 Å². The Morgan fingerprint density at radius 3 is 2.76 bits per heavy atom. The molecule has 1 unspecified atom stereocenters. The van der Waals surface area contributed by atoms with Crippen LogP contribution in [0, 0.1) is 13.8 Å². The fourth-order valence-electron chi connectivity index (χ4n) is 2.47.